The first-order valence-electron chi connectivity index (χ1n) is 6.58. The molecular weight excluding hydrogens is 500 g/mol. The summed E-state index contributed by atoms with van der Waals surface area (Å²) in [6.45, 7) is 0. The fraction of sp³-hybridized carbons (Fsp3) is 0.133. The summed E-state index contributed by atoms with van der Waals surface area (Å²) < 4.78 is 77.5. The van der Waals surface area contributed by atoms with Crippen molar-refractivity contribution in [1.82, 2.24) is 0 Å². The number of hydrogen-bond acceptors (Lipinski definition) is 2. The number of phenolic OH excluding ortho intramolecular Hbond substituents is 1. The molecule has 0 aromatic heterocycles. The van der Waals surface area contributed by atoms with Crippen molar-refractivity contribution in [2.24, 2.45) is 0 Å². The first-order chi connectivity index (χ1) is 11.8. The van der Waals surface area contributed by atoms with Crippen LogP contribution in [0.1, 0.15) is 21.5 Å². The predicted molar refractivity (Wildman–Crippen MR) is 87.9 cm³/mol. The molecule has 1 amide bonds. The van der Waals surface area contributed by atoms with Gasteiger partial charge in [0.1, 0.15) is 5.75 Å². The van der Waals surface area contributed by atoms with Gasteiger partial charge in [0.25, 0.3) is 5.91 Å². The van der Waals surface area contributed by atoms with Crippen LogP contribution < -0.4 is 5.32 Å². The second-order valence-electron chi connectivity index (χ2n) is 5.03. The number of anilines is 1. The Labute approximate surface area is 159 Å². The van der Waals surface area contributed by atoms with Gasteiger partial charge in [0, 0.05) is 10.2 Å². The fourth-order valence-corrected chi connectivity index (χ4v) is 3.19. The van der Waals surface area contributed by atoms with Crippen molar-refractivity contribution in [3.05, 3.63) is 56.0 Å². The third-order valence-electron chi connectivity index (χ3n) is 3.12. The van der Waals surface area contributed by atoms with Crippen LogP contribution >= 0.6 is 31.9 Å². The monoisotopic (exact) mass is 505 g/mol. The SMILES string of the molecule is O=C(Nc1cc(C(F)(F)F)cc(C(F)(F)F)c1)c1cc(Br)cc(Br)c1O. The van der Waals surface area contributed by atoms with Gasteiger partial charge in [-0.15, -0.1) is 0 Å². The van der Waals surface area contributed by atoms with Gasteiger partial charge in [0.05, 0.1) is 21.2 Å². The van der Waals surface area contributed by atoms with E-state index in [4.69, 9.17) is 0 Å². The van der Waals surface area contributed by atoms with Crippen molar-refractivity contribution in [3.63, 3.8) is 0 Å². The highest BCUT2D eigenvalue weighted by atomic mass is 79.9. The van der Waals surface area contributed by atoms with Crippen molar-refractivity contribution >= 4 is 43.5 Å². The van der Waals surface area contributed by atoms with Crippen LogP contribution in [0.25, 0.3) is 0 Å². The van der Waals surface area contributed by atoms with Gasteiger partial charge in [-0.1, -0.05) is 15.9 Å². The van der Waals surface area contributed by atoms with E-state index in [9.17, 15) is 36.2 Å². The Bertz CT molecular complexity index is 832. The summed E-state index contributed by atoms with van der Waals surface area (Å²) in [5.41, 5.74) is -4.20. The molecule has 140 valence electrons. The van der Waals surface area contributed by atoms with Gasteiger partial charge in [-0.2, -0.15) is 26.3 Å². The van der Waals surface area contributed by atoms with Crippen LogP contribution in [0.4, 0.5) is 32.0 Å². The highest BCUT2D eigenvalue weighted by molar-refractivity contribution is 9.11. The molecule has 26 heavy (non-hydrogen) atoms. The van der Waals surface area contributed by atoms with E-state index in [2.05, 4.69) is 31.9 Å². The topological polar surface area (TPSA) is 49.3 Å². The number of nitrogens with one attached hydrogen (secondary N) is 1. The molecule has 0 aliphatic rings. The van der Waals surface area contributed by atoms with Crippen LogP contribution in [-0.4, -0.2) is 11.0 Å². The van der Waals surface area contributed by atoms with Crippen LogP contribution in [0.2, 0.25) is 0 Å². The molecule has 0 saturated heterocycles. The third kappa shape index (κ3) is 4.70. The number of carbonyl (C=O) groups excluding carboxylic acids is 1. The van der Waals surface area contributed by atoms with Crippen LogP contribution in [0.5, 0.6) is 5.75 Å². The quantitative estimate of drug-likeness (QED) is 0.476. The maximum Gasteiger partial charge on any atom is 0.416 e. The van der Waals surface area contributed by atoms with Gasteiger partial charge in [-0.25, -0.2) is 0 Å². The van der Waals surface area contributed by atoms with E-state index in [0.717, 1.165) is 6.07 Å². The fourth-order valence-electron chi connectivity index (χ4n) is 1.96. The molecular formula is C15H7Br2F6NO2. The number of benzene rings is 2. The maximum atomic E-state index is 12.8. The molecule has 0 aliphatic carbocycles. The number of phenols is 1. The molecule has 2 aromatic rings. The Morgan fingerprint density at radius 2 is 1.38 bits per heavy atom. The summed E-state index contributed by atoms with van der Waals surface area (Å²) in [6, 6.07) is 3.25. The van der Waals surface area contributed by atoms with Crippen molar-refractivity contribution in [1.29, 1.82) is 0 Å². The largest absolute Gasteiger partial charge is 0.506 e. The van der Waals surface area contributed by atoms with E-state index in [1.807, 2.05) is 5.32 Å². The van der Waals surface area contributed by atoms with Gasteiger partial charge in [-0.3, -0.25) is 4.79 Å². The number of carbonyl (C=O) groups is 1. The lowest BCUT2D eigenvalue weighted by molar-refractivity contribution is -0.143. The number of aromatic hydroxyl groups is 1. The van der Waals surface area contributed by atoms with E-state index < -0.39 is 40.8 Å². The highest BCUT2D eigenvalue weighted by Gasteiger charge is 2.37. The van der Waals surface area contributed by atoms with Gasteiger partial charge < -0.3 is 10.4 Å². The van der Waals surface area contributed by atoms with Gasteiger partial charge in [0.2, 0.25) is 0 Å². The summed E-state index contributed by atoms with van der Waals surface area (Å²) >= 11 is 6.03. The summed E-state index contributed by atoms with van der Waals surface area (Å²) in [4.78, 5) is 12.2. The second-order valence-corrected chi connectivity index (χ2v) is 6.80. The van der Waals surface area contributed by atoms with Crippen LogP contribution in [0, 0.1) is 0 Å². The summed E-state index contributed by atoms with van der Waals surface area (Å²) in [5, 5.41) is 11.8. The van der Waals surface area contributed by atoms with Crippen molar-refractivity contribution in [2.75, 3.05) is 5.32 Å². The molecule has 2 aromatic carbocycles. The highest BCUT2D eigenvalue weighted by Crippen LogP contribution is 2.38. The molecule has 0 saturated carbocycles. The molecule has 2 rings (SSSR count). The maximum absolute atomic E-state index is 12.8. The Kier molecular flexibility index (Phi) is 5.62. The molecule has 0 bridgehead atoms. The zero-order chi connectivity index (χ0) is 19.9. The number of amides is 1. The zero-order valence-electron chi connectivity index (χ0n) is 12.3. The molecule has 11 heteroatoms. The Morgan fingerprint density at radius 1 is 0.885 bits per heavy atom. The predicted octanol–water partition coefficient (Wildman–Crippen LogP) is 6.21. The molecule has 0 fully saturated rings. The van der Waals surface area contributed by atoms with Crippen LogP contribution in [-0.2, 0) is 12.4 Å². The molecule has 0 spiro atoms. The first kappa shape index (κ1) is 20.6. The number of alkyl halides is 6. The number of hydrogen-bond donors (Lipinski definition) is 2. The Balaban J connectivity index is 2.48. The number of halogens is 8. The smallest absolute Gasteiger partial charge is 0.416 e. The molecule has 0 aliphatic heterocycles. The molecule has 0 atom stereocenters. The minimum Gasteiger partial charge on any atom is -0.506 e. The minimum atomic E-state index is -5.04. The van der Waals surface area contributed by atoms with E-state index in [-0.39, 0.29) is 16.1 Å². The molecule has 2 N–H and O–H groups in total. The molecule has 0 radical (unpaired) electrons. The van der Waals surface area contributed by atoms with Crippen LogP contribution in [0.3, 0.4) is 0 Å². The lowest BCUT2D eigenvalue weighted by Gasteiger charge is -2.15. The third-order valence-corrected chi connectivity index (χ3v) is 4.18. The van der Waals surface area contributed by atoms with Gasteiger partial charge >= 0.3 is 12.4 Å². The summed E-state index contributed by atoms with van der Waals surface area (Å²) in [7, 11) is 0. The van der Waals surface area contributed by atoms with Crippen molar-refractivity contribution < 1.29 is 36.2 Å². The van der Waals surface area contributed by atoms with Gasteiger partial charge in [0.15, 0.2) is 0 Å². The summed E-state index contributed by atoms with van der Waals surface area (Å²) in [6.07, 6.45) is -10.1. The lowest BCUT2D eigenvalue weighted by atomic mass is 10.1. The second kappa shape index (κ2) is 7.10. The number of rotatable bonds is 2. The molecule has 0 unspecified atom stereocenters. The van der Waals surface area contributed by atoms with E-state index in [0.29, 0.717) is 16.6 Å². The van der Waals surface area contributed by atoms with E-state index in [1.165, 1.54) is 6.07 Å². The van der Waals surface area contributed by atoms with Gasteiger partial charge in [-0.05, 0) is 46.3 Å². The zero-order valence-corrected chi connectivity index (χ0v) is 15.4. The minimum absolute atomic E-state index is 0.0528. The van der Waals surface area contributed by atoms with E-state index >= 15 is 0 Å². The average molecular weight is 507 g/mol. The average Bonchev–Trinajstić information content (AvgIpc) is 2.48. The molecule has 3 nitrogen and oxygen atoms in total. The van der Waals surface area contributed by atoms with Crippen molar-refractivity contribution in [3.8, 4) is 5.75 Å². The van der Waals surface area contributed by atoms with Crippen molar-refractivity contribution in [2.45, 2.75) is 12.4 Å². The molecule has 0 heterocycles. The lowest BCUT2D eigenvalue weighted by Crippen LogP contribution is -2.16. The first-order valence-corrected chi connectivity index (χ1v) is 8.16. The standard InChI is InChI=1S/C15H7Br2F6NO2/c16-8-4-10(12(25)11(17)5-8)13(26)24-9-2-6(14(18,19)20)1-7(3-9)15(21,22)23/h1-5,25H,(H,24,26). The summed E-state index contributed by atoms with van der Waals surface area (Å²) in [5.74, 6) is -1.61. The van der Waals surface area contributed by atoms with E-state index in [1.54, 1.807) is 0 Å². The Hall–Kier alpha value is -1.75. The normalized spacial score (nSPS) is 12.2. The van der Waals surface area contributed by atoms with Crippen LogP contribution in [0.15, 0.2) is 39.3 Å². The Morgan fingerprint density at radius 3 is 1.85 bits per heavy atom.